The smallest absolute Gasteiger partial charge is 0.254 e. The molecule has 3 aromatic rings. The number of thiophene rings is 1. The predicted molar refractivity (Wildman–Crippen MR) is 90.7 cm³/mol. The molecule has 0 aliphatic heterocycles. The molecule has 2 heterocycles. The first-order valence-electron chi connectivity index (χ1n) is 7.22. The number of carbonyl (C=O) groups is 1. The van der Waals surface area contributed by atoms with Gasteiger partial charge in [-0.2, -0.15) is 0 Å². The first-order chi connectivity index (χ1) is 10.7. The molecule has 0 bridgehead atoms. The summed E-state index contributed by atoms with van der Waals surface area (Å²) >= 11 is 1.65. The minimum atomic E-state index is -0.0191. The van der Waals surface area contributed by atoms with Crippen LogP contribution >= 0.6 is 11.3 Å². The van der Waals surface area contributed by atoms with E-state index in [1.165, 1.54) is 4.88 Å². The summed E-state index contributed by atoms with van der Waals surface area (Å²) < 4.78 is 2.00. The van der Waals surface area contributed by atoms with Gasteiger partial charge in [-0.3, -0.25) is 4.79 Å². The number of carbonyl (C=O) groups excluding carboxylic acids is 1. The van der Waals surface area contributed by atoms with E-state index in [1.54, 1.807) is 11.3 Å². The highest BCUT2D eigenvalue weighted by atomic mass is 32.1. The van der Waals surface area contributed by atoms with Gasteiger partial charge in [0, 0.05) is 23.8 Å². The summed E-state index contributed by atoms with van der Waals surface area (Å²) in [6.45, 7) is 4.61. The lowest BCUT2D eigenvalue weighted by Gasteiger charge is -2.08. The quantitative estimate of drug-likeness (QED) is 0.774. The first kappa shape index (κ1) is 14.6. The van der Waals surface area contributed by atoms with E-state index < -0.39 is 0 Å². The molecule has 1 N–H and O–H groups in total. The second kappa shape index (κ2) is 6.20. The van der Waals surface area contributed by atoms with Gasteiger partial charge in [0.05, 0.1) is 5.56 Å². The van der Waals surface area contributed by atoms with Gasteiger partial charge in [-0.05, 0) is 37.1 Å². The second-order valence-corrected chi connectivity index (χ2v) is 6.43. The van der Waals surface area contributed by atoms with Crippen LogP contribution in [0.1, 0.15) is 26.4 Å². The zero-order valence-corrected chi connectivity index (χ0v) is 13.5. The molecule has 3 rings (SSSR count). The van der Waals surface area contributed by atoms with Crippen molar-refractivity contribution in [2.75, 3.05) is 0 Å². The van der Waals surface area contributed by atoms with E-state index in [-0.39, 0.29) is 5.91 Å². The topological polar surface area (TPSA) is 34.0 Å². The second-order valence-electron chi connectivity index (χ2n) is 5.22. The maximum Gasteiger partial charge on any atom is 0.254 e. The molecule has 0 fully saturated rings. The molecule has 0 atom stereocenters. The Balaban J connectivity index is 1.86. The fraction of sp³-hybridized carbons (Fsp3) is 0.167. The van der Waals surface area contributed by atoms with E-state index in [1.807, 2.05) is 66.3 Å². The van der Waals surface area contributed by atoms with Crippen LogP contribution in [0.4, 0.5) is 0 Å². The standard InChI is InChI=1S/C18H18N2OS/c1-13-14(2)22-18(20-10-6-7-11-20)16(13)17(21)19-12-15-8-4-3-5-9-15/h3-11H,12H2,1-2H3,(H,19,21). The lowest BCUT2D eigenvalue weighted by atomic mass is 10.1. The van der Waals surface area contributed by atoms with Crippen LogP contribution in [-0.4, -0.2) is 10.5 Å². The average Bonchev–Trinajstić information content (AvgIpc) is 3.15. The highest BCUT2D eigenvalue weighted by molar-refractivity contribution is 7.15. The molecule has 0 aliphatic carbocycles. The molecule has 22 heavy (non-hydrogen) atoms. The number of nitrogens with zero attached hydrogens (tertiary/aromatic N) is 1. The Labute approximate surface area is 134 Å². The number of aromatic nitrogens is 1. The van der Waals surface area contributed by atoms with E-state index in [2.05, 4.69) is 12.2 Å². The monoisotopic (exact) mass is 310 g/mol. The molecule has 3 nitrogen and oxygen atoms in total. The number of benzene rings is 1. The number of aryl methyl sites for hydroxylation is 1. The van der Waals surface area contributed by atoms with Crippen LogP contribution in [-0.2, 0) is 6.54 Å². The largest absolute Gasteiger partial charge is 0.348 e. The summed E-state index contributed by atoms with van der Waals surface area (Å²) in [4.78, 5) is 13.8. The van der Waals surface area contributed by atoms with Crippen LogP contribution in [0.2, 0.25) is 0 Å². The summed E-state index contributed by atoms with van der Waals surface area (Å²) in [5, 5.41) is 4.00. The van der Waals surface area contributed by atoms with E-state index in [4.69, 9.17) is 0 Å². The van der Waals surface area contributed by atoms with Crippen LogP contribution < -0.4 is 5.32 Å². The Morgan fingerprint density at radius 2 is 1.77 bits per heavy atom. The van der Waals surface area contributed by atoms with Gasteiger partial charge in [0.2, 0.25) is 0 Å². The van der Waals surface area contributed by atoms with Crippen LogP contribution in [0.5, 0.6) is 0 Å². The number of amides is 1. The van der Waals surface area contributed by atoms with Crippen molar-refractivity contribution in [1.29, 1.82) is 0 Å². The normalized spacial score (nSPS) is 10.6. The van der Waals surface area contributed by atoms with Crippen LogP contribution in [0.15, 0.2) is 54.9 Å². The van der Waals surface area contributed by atoms with Crippen molar-refractivity contribution in [2.45, 2.75) is 20.4 Å². The van der Waals surface area contributed by atoms with Crippen molar-refractivity contribution in [3.8, 4) is 5.00 Å². The van der Waals surface area contributed by atoms with Crippen molar-refractivity contribution < 1.29 is 4.79 Å². The van der Waals surface area contributed by atoms with E-state index in [0.29, 0.717) is 6.54 Å². The molecular formula is C18H18N2OS. The third kappa shape index (κ3) is 2.83. The minimum Gasteiger partial charge on any atom is -0.348 e. The van der Waals surface area contributed by atoms with Crippen molar-refractivity contribution in [3.63, 3.8) is 0 Å². The van der Waals surface area contributed by atoms with Crippen molar-refractivity contribution >= 4 is 17.2 Å². The van der Waals surface area contributed by atoms with Gasteiger partial charge in [-0.25, -0.2) is 0 Å². The molecule has 2 aromatic heterocycles. The van der Waals surface area contributed by atoms with Gasteiger partial charge >= 0.3 is 0 Å². The Morgan fingerprint density at radius 3 is 2.45 bits per heavy atom. The van der Waals surface area contributed by atoms with Gasteiger partial charge < -0.3 is 9.88 Å². The number of hydrogen-bond donors (Lipinski definition) is 1. The van der Waals surface area contributed by atoms with Gasteiger partial charge in [-0.15, -0.1) is 11.3 Å². The Hall–Kier alpha value is -2.33. The number of nitrogens with one attached hydrogen (secondary N) is 1. The highest BCUT2D eigenvalue weighted by Gasteiger charge is 2.20. The van der Waals surface area contributed by atoms with Gasteiger partial charge in [0.25, 0.3) is 5.91 Å². The van der Waals surface area contributed by atoms with E-state index in [0.717, 1.165) is 21.7 Å². The molecule has 0 aliphatic rings. The van der Waals surface area contributed by atoms with Crippen LogP contribution in [0, 0.1) is 13.8 Å². The molecule has 0 radical (unpaired) electrons. The molecule has 1 amide bonds. The van der Waals surface area contributed by atoms with Gasteiger partial charge in [0.15, 0.2) is 0 Å². The van der Waals surface area contributed by atoms with Crippen molar-refractivity contribution in [3.05, 3.63) is 76.4 Å². The predicted octanol–water partition coefficient (Wildman–Crippen LogP) is 4.09. The Morgan fingerprint density at radius 1 is 1.09 bits per heavy atom. The maximum absolute atomic E-state index is 12.7. The molecule has 112 valence electrons. The first-order valence-corrected chi connectivity index (χ1v) is 8.04. The average molecular weight is 310 g/mol. The SMILES string of the molecule is Cc1sc(-n2cccc2)c(C(=O)NCc2ccccc2)c1C. The Kier molecular flexibility index (Phi) is 4.11. The fourth-order valence-electron chi connectivity index (χ4n) is 2.39. The lowest BCUT2D eigenvalue weighted by Crippen LogP contribution is -2.24. The summed E-state index contributed by atoms with van der Waals surface area (Å²) in [6, 6.07) is 13.9. The van der Waals surface area contributed by atoms with Crippen LogP contribution in [0.3, 0.4) is 0 Å². The molecule has 4 heteroatoms. The molecule has 0 saturated carbocycles. The fourth-order valence-corrected chi connectivity index (χ4v) is 3.51. The highest BCUT2D eigenvalue weighted by Crippen LogP contribution is 2.30. The summed E-state index contributed by atoms with van der Waals surface area (Å²) in [7, 11) is 0. The molecule has 1 aromatic carbocycles. The minimum absolute atomic E-state index is 0.0191. The number of rotatable bonds is 4. The molecular weight excluding hydrogens is 292 g/mol. The number of hydrogen-bond acceptors (Lipinski definition) is 2. The van der Waals surface area contributed by atoms with E-state index in [9.17, 15) is 4.79 Å². The summed E-state index contributed by atoms with van der Waals surface area (Å²) in [5.74, 6) is -0.0191. The zero-order chi connectivity index (χ0) is 15.5. The third-order valence-electron chi connectivity index (χ3n) is 3.73. The Bertz CT molecular complexity index is 773. The van der Waals surface area contributed by atoms with E-state index >= 15 is 0 Å². The van der Waals surface area contributed by atoms with Crippen LogP contribution in [0.25, 0.3) is 5.00 Å². The van der Waals surface area contributed by atoms with Crippen molar-refractivity contribution in [1.82, 2.24) is 9.88 Å². The third-order valence-corrected chi connectivity index (χ3v) is 4.95. The molecule has 0 unspecified atom stereocenters. The molecule has 0 spiro atoms. The van der Waals surface area contributed by atoms with Crippen molar-refractivity contribution in [2.24, 2.45) is 0 Å². The van der Waals surface area contributed by atoms with Gasteiger partial charge in [-0.1, -0.05) is 30.3 Å². The summed E-state index contributed by atoms with van der Waals surface area (Å²) in [6.07, 6.45) is 3.94. The zero-order valence-electron chi connectivity index (χ0n) is 12.7. The van der Waals surface area contributed by atoms with Gasteiger partial charge in [0.1, 0.15) is 5.00 Å². The summed E-state index contributed by atoms with van der Waals surface area (Å²) in [5.41, 5.74) is 2.93. The molecule has 0 saturated heterocycles. The maximum atomic E-state index is 12.7. The lowest BCUT2D eigenvalue weighted by molar-refractivity contribution is 0.0950.